The molecule has 3 aromatic heterocycles. The number of methoxy groups -OCH3 is 1. The second kappa shape index (κ2) is 10.00. The number of nitrogens with zero attached hydrogens (tertiary/aromatic N) is 6. The van der Waals surface area contributed by atoms with Gasteiger partial charge in [0.1, 0.15) is 11.3 Å². The number of aliphatic hydroxyl groups excluding tert-OH is 1. The van der Waals surface area contributed by atoms with E-state index in [-0.39, 0.29) is 11.5 Å². The number of fused-ring (bicyclic) bond motifs is 2. The van der Waals surface area contributed by atoms with Gasteiger partial charge in [-0.25, -0.2) is 9.97 Å². The molecule has 5 heterocycles. The van der Waals surface area contributed by atoms with Gasteiger partial charge >= 0.3 is 0 Å². The van der Waals surface area contributed by atoms with Crippen molar-refractivity contribution in [2.24, 2.45) is 5.92 Å². The van der Waals surface area contributed by atoms with Crippen LogP contribution in [0, 0.1) is 5.92 Å². The third-order valence-electron chi connectivity index (χ3n) is 6.39. The van der Waals surface area contributed by atoms with Crippen LogP contribution >= 0.6 is 0 Å². The SMILES string of the molecule is COc1ccc2ncc(=O)n(CCN3C[C@H](CNCc4ncc5c(n4)OCCC5)[C@H](O)C3)c2n1. The Hall–Kier alpha value is -3.15. The van der Waals surface area contributed by atoms with Crippen molar-refractivity contribution in [1.82, 2.24) is 34.7 Å². The molecule has 0 saturated carbocycles. The van der Waals surface area contributed by atoms with Crippen molar-refractivity contribution in [3.05, 3.63) is 46.3 Å². The minimum atomic E-state index is -0.440. The van der Waals surface area contributed by atoms with Gasteiger partial charge in [-0.1, -0.05) is 0 Å². The lowest BCUT2D eigenvalue weighted by atomic mass is 10.1. The second-order valence-electron chi connectivity index (χ2n) is 8.73. The lowest BCUT2D eigenvalue weighted by molar-refractivity contribution is 0.140. The Morgan fingerprint density at radius 2 is 2.12 bits per heavy atom. The summed E-state index contributed by atoms with van der Waals surface area (Å²) in [6, 6.07) is 3.51. The van der Waals surface area contributed by atoms with Gasteiger partial charge in [-0.2, -0.15) is 9.97 Å². The molecule has 0 unspecified atom stereocenters. The van der Waals surface area contributed by atoms with Crippen LogP contribution in [0.3, 0.4) is 0 Å². The Bertz CT molecular complexity index is 1220. The van der Waals surface area contributed by atoms with Crippen molar-refractivity contribution in [2.45, 2.75) is 32.0 Å². The Labute approximate surface area is 196 Å². The van der Waals surface area contributed by atoms with E-state index in [1.807, 2.05) is 6.20 Å². The van der Waals surface area contributed by atoms with E-state index in [9.17, 15) is 9.90 Å². The summed E-state index contributed by atoms with van der Waals surface area (Å²) in [5, 5.41) is 13.9. The third kappa shape index (κ3) is 4.86. The highest BCUT2D eigenvalue weighted by atomic mass is 16.5. The molecule has 2 aliphatic rings. The number of hydrogen-bond donors (Lipinski definition) is 2. The van der Waals surface area contributed by atoms with Gasteiger partial charge in [0.05, 0.1) is 32.6 Å². The number of aryl methyl sites for hydroxylation is 1. The molecule has 5 rings (SSSR count). The quantitative estimate of drug-likeness (QED) is 0.467. The van der Waals surface area contributed by atoms with Crippen molar-refractivity contribution in [2.75, 3.05) is 39.9 Å². The maximum absolute atomic E-state index is 12.5. The molecular formula is C23H29N7O4. The summed E-state index contributed by atoms with van der Waals surface area (Å²) < 4.78 is 12.4. The van der Waals surface area contributed by atoms with Crippen molar-refractivity contribution < 1.29 is 14.6 Å². The molecule has 0 radical (unpaired) electrons. The number of pyridine rings is 1. The van der Waals surface area contributed by atoms with E-state index < -0.39 is 6.10 Å². The summed E-state index contributed by atoms with van der Waals surface area (Å²) in [4.78, 5) is 32.1. The maximum Gasteiger partial charge on any atom is 0.270 e. The fraction of sp³-hybridized carbons (Fsp3) is 0.522. The average Bonchev–Trinajstić information content (AvgIpc) is 3.22. The van der Waals surface area contributed by atoms with Crippen molar-refractivity contribution in [3.63, 3.8) is 0 Å². The van der Waals surface area contributed by atoms with Crippen LogP contribution in [0.1, 0.15) is 17.8 Å². The normalized spacial score (nSPS) is 20.3. The van der Waals surface area contributed by atoms with Crippen LogP contribution in [0.25, 0.3) is 11.2 Å². The molecule has 0 amide bonds. The predicted octanol–water partition coefficient (Wildman–Crippen LogP) is -0.00240. The highest BCUT2D eigenvalue weighted by Gasteiger charge is 2.30. The van der Waals surface area contributed by atoms with Crippen LogP contribution in [0.5, 0.6) is 11.8 Å². The fourth-order valence-corrected chi connectivity index (χ4v) is 4.53. The van der Waals surface area contributed by atoms with Crippen LogP contribution in [-0.4, -0.2) is 80.5 Å². The minimum Gasteiger partial charge on any atom is -0.481 e. The first kappa shape index (κ1) is 22.6. The minimum absolute atomic E-state index is 0.0815. The monoisotopic (exact) mass is 467 g/mol. The number of nitrogens with one attached hydrogen (secondary N) is 1. The summed E-state index contributed by atoms with van der Waals surface area (Å²) in [5.41, 5.74) is 1.99. The Kier molecular flexibility index (Phi) is 6.66. The summed E-state index contributed by atoms with van der Waals surface area (Å²) in [5.74, 6) is 1.90. The average molecular weight is 468 g/mol. The summed E-state index contributed by atoms with van der Waals surface area (Å²) >= 11 is 0. The smallest absolute Gasteiger partial charge is 0.270 e. The molecule has 3 aromatic rings. The van der Waals surface area contributed by atoms with Crippen LogP contribution < -0.4 is 20.3 Å². The number of hydrogen-bond acceptors (Lipinski definition) is 10. The van der Waals surface area contributed by atoms with Crippen molar-refractivity contribution in [1.29, 1.82) is 0 Å². The number of rotatable bonds is 8. The van der Waals surface area contributed by atoms with Gasteiger partial charge in [0.25, 0.3) is 5.56 Å². The predicted molar refractivity (Wildman–Crippen MR) is 124 cm³/mol. The van der Waals surface area contributed by atoms with Gasteiger partial charge in [0.2, 0.25) is 11.8 Å². The van der Waals surface area contributed by atoms with Gasteiger partial charge in [0.15, 0.2) is 5.65 Å². The van der Waals surface area contributed by atoms with Gasteiger partial charge in [-0.05, 0) is 18.9 Å². The standard InChI is InChI=1S/C23H29N7O4/c1-33-20-5-4-17-22(28-20)30(21(32)12-25-17)7-6-29-13-16(18(31)14-29)9-24-11-19-26-10-15-3-2-8-34-23(15)27-19/h4-5,10,12,16,18,24,31H,2-3,6-9,11,13-14H2,1H3/t16-,18+/m0/s1. The van der Waals surface area contributed by atoms with E-state index >= 15 is 0 Å². The molecule has 2 aliphatic heterocycles. The van der Waals surface area contributed by atoms with E-state index in [1.54, 1.807) is 16.7 Å². The van der Waals surface area contributed by atoms with E-state index in [2.05, 4.69) is 30.2 Å². The molecule has 1 fully saturated rings. The van der Waals surface area contributed by atoms with Crippen LogP contribution in [0.4, 0.5) is 0 Å². The second-order valence-corrected chi connectivity index (χ2v) is 8.73. The zero-order chi connectivity index (χ0) is 23.5. The molecule has 0 aliphatic carbocycles. The molecular weight excluding hydrogens is 438 g/mol. The molecule has 11 nitrogen and oxygen atoms in total. The fourth-order valence-electron chi connectivity index (χ4n) is 4.53. The van der Waals surface area contributed by atoms with E-state index in [0.29, 0.717) is 68.1 Å². The molecule has 2 atom stereocenters. The third-order valence-corrected chi connectivity index (χ3v) is 6.39. The maximum atomic E-state index is 12.5. The summed E-state index contributed by atoms with van der Waals surface area (Å²) in [6.45, 7) is 4.24. The first-order valence-corrected chi connectivity index (χ1v) is 11.6. The van der Waals surface area contributed by atoms with Gasteiger partial charge in [-0.15, -0.1) is 0 Å². The van der Waals surface area contributed by atoms with Gasteiger partial charge < -0.3 is 19.9 Å². The lowest BCUT2D eigenvalue weighted by Crippen LogP contribution is -2.32. The highest BCUT2D eigenvalue weighted by Crippen LogP contribution is 2.21. The topological polar surface area (TPSA) is 128 Å². The zero-order valence-corrected chi connectivity index (χ0v) is 19.2. The molecule has 11 heteroatoms. The first-order chi connectivity index (χ1) is 16.6. The molecule has 0 spiro atoms. The summed E-state index contributed by atoms with van der Waals surface area (Å²) in [7, 11) is 1.54. The molecule has 180 valence electrons. The zero-order valence-electron chi connectivity index (χ0n) is 19.2. The Morgan fingerprint density at radius 3 is 3.00 bits per heavy atom. The van der Waals surface area contributed by atoms with E-state index in [1.165, 1.54) is 13.3 Å². The number of ether oxygens (including phenoxy) is 2. The molecule has 0 aromatic carbocycles. The lowest BCUT2D eigenvalue weighted by Gasteiger charge is -2.18. The number of β-amino-alcohol motifs (C(OH)–C–C–N with tert-alkyl or cyclic N) is 1. The van der Waals surface area contributed by atoms with Crippen molar-refractivity contribution >= 4 is 11.2 Å². The largest absolute Gasteiger partial charge is 0.481 e. The molecule has 0 bridgehead atoms. The van der Waals surface area contributed by atoms with E-state index in [4.69, 9.17) is 9.47 Å². The molecule has 34 heavy (non-hydrogen) atoms. The number of aliphatic hydroxyl groups is 1. The first-order valence-electron chi connectivity index (χ1n) is 11.6. The van der Waals surface area contributed by atoms with Crippen LogP contribution in [-0.2, 0) is 19.5 Å². The molecule has 2 N–H and O–H groups in total. The van der Waals surface area contributed by atoms with Crippen LogP contribution in [0.2, 0.25) is 0 Å². The van der Waals surface area contributed by atoms with Crippen LogP contribution in [0.15, 0.2) is 29.3 Å². The number of aromatic nitrogens is 5. The van der Waals surface area contributed by atoms with E-state index in [0.717, 1.165) is 24.9 Å². The highest BCUT2D eigenvalue weighted by molar-refractivity contribution is 5.70. The number of likely N-dealkylation sites (tertiary alicyclic amines) is 1. The van der Waals surface area contributed by atoms with Crippen molar-refractivity contribution in [3.8, 4) is 11.8 Å². The Balaban J connectivity index is 1.16. The van der Waals surface area contributed by atoms with Gasteiger partial charge in [-0.3, -0.25) is 14.3 Å². The van der Waals surface area contributed by atoms with Gasteiger partial charge in [0, 0.05) is 56.5 Å². The molecule has 1 saturated heterocycles. The summed E-state index contributed by atoms with van der Waals surface area (Å²) in [6.07, 6.45) is 4.68. The Morgan fingerprint density at radius 1 is 1.21 bits per heavy atom.